The molecule has 0 saturated carbocycles. The first-order valence-electron chi connectivity index (χ1n) is 6.48. The van der Waals surface area contributed by atoms with Gasteiger partial charge in [0.2, 0.25) is 5.91 Å². The van der Waals surface area contributed by atoms with Gasteiger partial charge in [-0.2, -0.15) is 0 Å². The van der Waals surface area contributed by atoms with Gasteiger partial charge < -0.3 is 5.32 Å². The van der Waals surface area contributed by atoms with E-state index in [0.717, 1.165) is 10.6 Å². The van der Waals surface area contributed by atoms with Gasteiger partial charge in [0.15, 0.2) is 0 Å². The van der Waals surface area contributed by atoms with Gasteiger partial charge in [0.25, 0.3) is 0 Å². The van der Waals surface area contributed by atoms with Gasteiger partial charge in [-0.1, -0.05) is 18.2 Å². The highest BCUT2D eigenvalue weighted by Crippen LogP contribution is 2.19. The van der Waals surface area contributed by atoms with Crippen molar-refractivity contribution >= 4 is 28.9 Å². The summed E-state index contributed by atoms with van der Waals surface area (Å²) in [5.74, 6) is -0.601. The predicted octanol–water partition coefficient (Wildman–Crippen LogP) is 4.59. The van der Waals surface area contributed by atoms with Crippen molar-refractivity contribution in [2.24, 2.45) is 0 Å². The van der Waals surface area contributed by atoms with Crippen LogP contribution in [0.25, 0.3) is 5.57 Å². The molecule has 0 aliphatic rings. The monoisotopic (exact) mass is 301 g/mol. The average molecular weight is 301 g/mol. The average Bonchev–Trinajstić information content (AvgIpc) is 2.48. The third kappa shape index (κ3) is 4.20. The molecule has 0 bridgehead atoms. The number of carbonyl (C=O) groups is 1. The molecule has 2 rings (SSSR count). The van der Waals surface area contributed by atoms with Crippen LogP contribution in [0.3, 0.4) is 0 Å². The molecule has 2 aromatic carbocycles. The minimum Gasteiger partial charge on any atom is -0.323 e. The molecule has 1 amide bonds. The summed E-state index contributed by atoms with van der Waals surface area (Å²) in [5, 5.41) is 2.77. The van der Waals surface area contributed by atoms with Crippen molar-refractivity contribution < 1.29 is 9.18 Å². The standard InChI is InChI=1S/C17H16FNOS/c1-12(15-5-3-4-6-16(15)18)11-17(20)19-13-7-9-14(21-2)10-8-13/h3-11H,1-2H3,(H,19,20). The second-order valence-corrected chi connectivity index (χ2v) is 5.40. The molecule has 2 nitrogen and oxygen atoms in total. The fraction of sp³-hybridized carbons (Fsp3) is 0.118. The summed E-state index contributed by atoms with van der Waals surface area (Å²) >= 11 is 1.64. The molecule has 0 heterocycles. The van der Waals surface area contributed by atoms with Gasteiger partial charge in [0.05, 0.1) is 0 Å². The highest BCUT2D eigenvalue weighted by atomic mass is 32.2. The summed E-state index contributed by atoms with van der Waals surface area (Å²) < 4.78 is 13.6. The number of hydrogen-bond donors (Lipinski definition) is 1. The lowest BCUT2D eigenvalue weighted by atomic mass is 10.1. The maximum Gasteiger partial charge on any atom is 0.248 e. The van der Waals surface area contributed by atoms with Crippen molar-refractivity contribution in [1.82, 2.24) is 0 Å². The molecular formula is C17H16FNOS. The number of halogens is 1. The Kier molecular flexibility index (Phi) is 5.17. The van der Waals surface area contributed by atoms with E-state index < -0.39 is 0 Å². The first-order chi connectivity index (χ1) is 10.1. The number of thioether (sulfide) groups is 1. The summed E-state index contributed by atoms with van der Waals surface area (Å²) in [6, 6.07) is 14.0. The number of carbonyl (C=O) groups excluding carboxylic acids is 1. The topological polar surface area (TPSA) is 29.1 Å². The molecule has 0 saturated heterocycles. The summed E-state index contributed by atoms with van der Waals surface area (Å²) in [6.45, 7) is 1.72. The van der Waals surface area contributed by atoms with Gasteiger partial charge >= 0.3 is 0 Å². The number of benzene rings is 2. The second kappa shape index (κ2) is 7.09. The third-order valence-electron chi connectivity index (χ3n) is 3.00. The highest BCUT2D eigenvalue weighted by molar-refractivity contribution is 7.98. The molecule has 0 aliphatic heterocycles. The molecule has 0 aliphatic carbocycles. The van der Waals surface area contributed by atoms with E-state index in [4.69, 9.17) is 0 Å². The van der Waals surface area contributed by atoms with Gasteiger partial charge in [-0.25, -0.2) is 4.39 Å². The Labute approximate surface area is 128 Å². The van der Waals surface area contributed by atoms with E-state index >= 15 is 0 Å². The van der Waals surface area contributed by atoms with Crippen molar-refractivity contribution in [2.75, 3.05) is 11.6 Å². The van der Waals surface area contributed by atoms with Crippen LogP contribution < -0.4 is 5.32 Å². The molecule has 2 aromatic rings. The summed E-state index contributed by atoms with van der Waals surface area (Å²) in [5.41, 5.74) is 1.74. The van der Waals surface area contributed by atoms with E-state index in [0.29, 0.717) is 11.1 Å². The molecule has 0 radical (unpaired) electrons. The summed E-state index contributed by atoms with van der Waals surface area (Å²) in [7, 11) is 0. The molecule has 0 aromatic heterocycles. The zero-order valence-electron chi connectivity index (χ0n) is 11.9. The maximum absolute atomic E-state index is 13.6. The summed E-state index contributed by atoms with van der Waals surface area (Å²) in [4.78, 5) is 13.1. The first-order valence-corrected chi connectivity index (χ1v) is 7.71. The minimum absolute atomic E-state index is 0.271. The van der Waals surface area contributed by atoms with Crippen LogP contribution in [0, 0.1) is 5.82 Å². The largest absolute Gasteiger partial charge is 0.323 e. The molecule has 4 heteroatoms. The fourth-order valence-corrected chi connectivity index (χ4v) is 2.32. The van der Waals surface area contributed by atoms with Crippen LogP contribution in [0.4, 0.5) is 10.1 Å². The SMILES string of the molecule is CSc1ccc(NC(=O)C=C(C)c2ccccc2F)cc1. The number of anilines is 1. The van der Waals surface area contributed by atoms with Crippen LogP contribution in [0.1, 0.15) is 12.5 Å². The molecule has 0 unspecified atom stereocenters. The van der Waals surface area contributed by atoms with E-state index in [1.54, 1.807) is 36.9 Å². The number of allylic oxidation sites excluding steroid dienone is 1. The quantitative estimate of drug-likeness (QED) is 0.661. The van der Waals surface area contributed by atoms with E-state index in [-0.39, 0.29) is 11.7 Å². The van der Waals surface area contributed by atoms with Crippen molar-refractivity contribution in [1.29, 1.82) is 0 Å². The Morgan fingerprint density at radius 1 is 1.14 bits per heavy atom. The van der Waals surface area contributed by atoms with Gasteiger partial charge in [0, 0.05) is 22.2 Å². The normalized spacial score (nSPS) is 11.3. The zero-order valence-corrected chi connectivity index (χ0v) is 12.7. The minimum atomic E-state index is -0.330. The van der Waals surface area contributed by atoms with Gasteiger partial charge in [-0.3, -0.25) is 4.79 Å². The maximum atomic E-state index is 13.6. The van der Waals surface area contributed by atoms with E-state index in [2.05, 4.69) is 5.32 Å². The van der Waals surface area contributed by atoms with E-state index in [1.165, 1.54) is 12.1 Å². The van der Waals surface area contributed by atoms with Crippen LogP contribution in [0.5, 0.6) is 0 Å². The number of rotatable bonds is 4. The molecule has 21 heavy (non-hydrogen) atoms. The predicted molar refractivity (Wildman–Crippen MR) is 86.9 cm³/mol. The van der Waals surface area contributed by atoms with Crippen LogP contribution in [0.15, 0.2) is 59.5 Å². The molecular weight excluding hydrogens is 285 g/mol. The molecule has 108 valence electrons. The smallest absolute Gasteiger partial charge is 0.248 e. The number of hydrogen-bond acceptors (Lipinski definition) is 2. The first kappa shape index (κ1) is 15.3. The van der Waals surface area contributed by atoms with Gasteiger partial charge in [0.1, 0.15) is 5.82 Å². The second-order valence-electron chi connectivity index (χ2n) is 4.52. The van der Waals surface area contributed by atoms with E-state index in [9.17, 15) is 9.18 Å². The summed E-state index contributed by atoms with van der Waals surface area (Å²) in [6.07, 6.45) is 3.40. The van der Waals surface area contributed by atoms with Crippen molar-refractivity contribution in [3.05, 3.63) is 66.0 Å². The third-order valence-corrected chi connectivity index (χ3v) is 3.75. The lowest BCUT2D eigenvalue weighted by Crippen LogP contribution is -2.08. The lowest BCUT2D eigenvalue weighted by Gasteiger charge is -2.05. The van der Waals surface area contributed by atoms with Crippen LogP contribution in [0.2, 0.25) is 0 Å². The zero-order chi connectivity index (χ0) is 15.2. The van der Waals surface area contributed by atoms with E-state index in [1.807, 2.05) is 30.5 Å². The van der Waals surface area contributed by atoms with Gasteiger partial charge in [-0.15, -0.1) is 11.8 Å². The highest BCUT2D eigenvalue weighted by Gasteiger charge is 2.05. The van der Waals surface area contributed by atoms with Crippen LogP contribution in [-0.4, -0.2) is 12.2 Å². The number of amides is 1. The molecule has 1 N–H and O–H groups in total. The fourth-order valence-electron chi connectivity index (χ4n) is 1.91. The Morgan fingerprint density at radius 2 is 1.81 bits per heavy atom. The van der Waals surface area contributed by atoms with Crippen molar-refractivity contribution in [2.45, 2.75) is 11.8 Å². The molecule has 0 fully saturated rings. The van der Waals surface area contributed by atoms with Crippen molar-refractivity contribution in [3.8, 4) is 0 Å². The van der Waals surface area contributed by atoms with Gasteiger partial charge in [-0.05, 0) is 49.1 Å². The lowest BCUT2D eigenvalue weighted by molar-refractivity contribution is -0.111. The Bertz CT molecular complexity index is 665. The molecule has 0 spiro atoms. The van der Waals surface area contributed by atoms with Crippen molar-refractivity contribution in [3.63, 3.8) is 0 Å². The Balaban J connectivity index is 2.09. The molecule has 0 atom stereocenters. The number of nitrogens with one attached hydrogen (secondary N) is 1. The Morgan fingerprint density at radius 3 is 2.43 bits per heavy atom. The van der Waals surface area contributed by atoms with Crippen LogP contribution in [-0.2, 0) is 4.79 Å². The van der Waals surface area contributed by atoms with Crippen LogP contribution >= 0.6 is 11.8 Å². The Hall–Kier alpha value is -2.07.